The number of nitrogens with one attached hydrogen (secondary N) is 1. The normalized spacial score (nSPS) is 10.6. The van der Waals surface area contributed by atoms with Gasteiger partial charge in [-0.2, -0.15) is 0 Å². The van der Waals surface area contributed by atoms with Crippen molar-refractivity contribution in [1.82, 2.24) is 4.90 Å². The molecule has 1 rings (SSSR count). The van der Waals surface area contributed by atoms with Gasteiger partial charge in [0, 0.05) is 26.4 Å². The lowest BCUT2D eigenvalue weighted by Crippen LogP contribution is -2.33. The molecule has 0 aliphatic heterocycles. The summed E-state index contributed by atoms with van der Waals surface area (Å²) in [7, 11) is 0. The van der Waals surface area contributed by atoms with E-state index >= 15 is 0 Å². The van der Waals surface area contributed by atoms with Gasteiger partial charge in [0.05, 0.1) is 0 Å². The quantitative estimate of drug-likeness (QED) is 0.840. The van der Waals surface area contributed by atoms with E-state index in [-0.39, 0.29) is 18.9 Å². The molecule has 0 bridgehead atoms. The number of carbonyl (C=O) groups excluding carboxylic acids is 2. The zero-order chi connectivity index (χ0) is 16.7. The van der Waals surface area contributed by atoms with Crippen molar-refractivity contribution in [2.45, 2.75) is 33.6 Å². The van der Waals surface area contributed by atoms with E-state index < -0.39 is 23.2 Å². The number of benzene rings is 1. The second-order valence-corrected chi connectivity index (χ2v) is 5.58. The van der Waals surface area contributed by atoms with Crippen LogP contribution in [0, 0.1) is 17.6 Å². The average Bonchev–Trinajstić information content (AvgIpc) is 2.42. The van der Waals surface area contributed by atoms with Crippen LogP contribution in [0.3, 0.4) is 0 Å². The van der Waals surface area contributed by atoms with Gasteiger partial charge >= 0.3 is 0 Å². The molecule has 0 unspecified atom stereocenters. The topological polar surface area (TPSA) is 49.4 Å². The summed E-state index contributed by atoms with van der Waals surface area (Å²) < 4.78 is 26.9. The molecule has 0 saturated heterocycles. The van der Waals surface area contributed by atoms with Gasteiger partial charge in [0.2, 0.25) is 11.8 Å². The summed E-state index contributed by atoms with van der Waals surface area (Å²) in [6, 6.07) is 3.37. The number of rotatable bonds is 7. The predicted octanol–water partition coefficient (Wildman–Crippen LogP) is 3.19. The number of nitrogens with zero attached hydrogens (tertiary/aromatic N) is 1. The molecule has 1 aromatic carbocycles. The summed E-state index contributed by atoms with van der Waals surface area (Å²) in [4.78, 5) is 24.9. The molecular formula is C16H22F2N2O2. The first-order valence-electron chi connectivity index (χ1n) is 7.30. The molecule has 2 amide bonds. The first-order chi connectivity index (χ1) is 10.3. The number of carbonyl (C=O) groups is 2. The van der Waals surface area contributed by atoms with Gasteiger partial charge in [-0.25, -0.2) is 8.78 Å². The van der Waals surface area contributed by atoms with Gasteiger partial charge in [-0.15, -0.1) is 0 Å². The van der Waals surface area contributed by atoms with Crippen molar-refractivity contribution in [3.63, 3.8) is 0 Å². The van der Waals surface area contributed by atoms with E-state index in [2.05, 4.69) is 5.32 Å². The van der Waals surface area contributed by atoms with Crippen molar-refractivity contribution in [3.05, 3.63) is 29.8 Å². The molecule has 6 heteroatoms. The lowest BCUT2D eigenvalue weighted by Gasteiger charge is -2.21. The smallest absolute Gasteiger partial charge is 0.226 e. The van der Waals surface area contributed by atoms with Crippen LogP contribution in [-0.4, -0.2) is 29.8 Å². The van der Waals surface area contributed by atoms with Gasteiger partial charge in [-0.1, -0.05) is 19.9 Å². The molecule has 1 N–H and O–H groups in total. The highest BCUT2D eigenvalue weighted by Gasteiger charge is 2.14. The fraction of sp³-hybridized carbons (Fsp3) is 0.500. The second kappa shape index (κ2) is 8.46. The lowest BCUT2D eigenvalue weighted by molar-refractivity contribution is -0.129. The van der Waals surface area contributed by atoms with Crippen LogP contribution in [0.4, 0.5) is 14.5 Å². The zero-order valence-corrected chi connectivity index (χ0v) is 13.2. The number of anilines is 1. The number of hydrogen-bond donors (Lipinski definition) is 1. The van der Waals surface area contributed by atoms with E-state index in [1.54, 1.807) is 4.90 Å². The lowest BCUT2D eigenvalue weighted by atomic mass is 10.1. The van der Waals surface area contributed by atoms with Gasteiger partial charge in [0.25, 0.3) is 0 Å². The maximum absolute atomic E-state index is 13.4. The standard InChI is InChI=1S/C16H22F2N2O2/c1-11(2)7-9-20(12(3)21)10-8-15(22)19-16-13(17)5-4-6-14(16)18/h4-6,11H,7-10H2,1-3H3,(H,19,22). The summed E-state index contributed by atoms with van der Waals surface area (Å²) in [6.07, 6.45) is 0.828. The van der Waals surface area contributed by atoms with Gasteiger partial charge in [0.15, 0.2) is 0 Å². The highest BCUT2D eigenvalue weighted by atomic mass is 19.1. The van der Waals surface area contributed by atoms with Crippen LogP contribution in [0.25, 0.3) is 0 Å². The summed E-state index contributed by atoms with van der Waals surface area (Å²) >= 11 is 0. The minimum Gasteiger partial charge on any atom is -0.342 e. The van der Waals surface area contributed by atoms with E-state index in [0.29, 0.717) is 12.5 Å². The van der Waals surface area contributed by atoms with Crippen LogP contribution < -0.4 is 5.32 Å². The molecule has 0 aliphatic carbocycles. The van der Waals surface area contributed by atoms with Crippen molar-refractivity contribution < 1.29 is 18.4 Å². The summed E-state index contributed by atoms with van der Waals surface area (Å²) in [5, 5.41) is 2.21. The van der Waals surface area contributed by atoms with Crippen LogP contribution in [0.15, 0.2) is 18.2 Å². The second-order valence-electron chi connectivity index (χ2n) is 5.58. The Morgan fingerprint density at radius 2 is 1.77 bits per heavy atom. The zero-order valence-electron chi connectivity index (χ0n) is 13.2. The highest BCUT2D eigenvalue weighted by molar-refractivity contribution is 5.91. The Morgan fingerprint density at radius 3 is 2.27 bits per heavy atom. The fourth-order valence-electron chi connectivity index (χ4n) is 1.90. The molecule has 122 valence electrons. The number of para-hydroxylation sites is 1. The Hall–Kier alpha value is -1.98. The van der Waals surface area contributed by atoms with Crippen molar-refractivity contribution >= 4 is 17.5 Å². The molecule has 0 spiro atoms. The monoisotopic (exact) mass is 312 g/mol. The minimum absolute atomic E-state index is 0.00848. The van der Waals surface area contributed by atoms with Gasteiger partial charge in [0.1, 0.15) is 17.3 Å². The molecule has 0 fully saturated rings. The van der Waals surface area contributed by atoms with E-state index in [1.165, 1.54) is 13.0 Å². The summed E-state index contributed by atoms with van der Waals surface area (Å²) in [6.45, 7) is 6.32. The van der Waals surface area contributed by atoms with E-state index in [9.17, 15) is 18.4 Å². The molecule has 0 aliphatic rings. The predicted molar refractivity (Wildman–Crippen MR) is 81.3 cm³/mol. The summed E-state index contributed by atoms with van der Waals surface area (Å²) in [5.74, 6) is -1.85. The molecule has 1 aromatic rings. The number of hydrogen-bond acceptors (Lipinski definition) is 2. The maximum Gasteiger partial charge on any atom is 0.226 e. The third-order valence-electron chi connectivity index (χ3n) is 3.26. The molecule has 4 nitrogen and oxygen atoms in total. The molecule has 0 saturated carbocycles. The Balaban J connectivity index is 2.55. The molecule has 0 heterocycles. The van der Waals surface area contributed by atoms with E-state index in [0.717, 1.165) is 18.6 Å². The third kappa shape index (κ3) is 5.79. The largest absolute Gasteiger partial charge is 0.342 e. The molecule has 0 radical (unpaired) electrons. The highest BCUT2D eigenvalue weighted by Crippen LogP contribution is 2.18. The number of amides is 2. The van der Waals surface area contributed by atoms with Gasteiger partial charge in [-0.05, 0) is 24.5 Å². The van der Waals surface area contributed by atoms with Crippen molar-refractivity contribution in [3.8, 4) is 0 Å². The molecule has 22 heavy (non-hydrogen) atoms. The molecule has 0 aromatic heterocycles. The summed E-state index contributed by atoms with van der Waals surface area (Å²) in [5.41, 5.74) is -0.455. The first kappa shape index (κ1) is 18.1. The Morgan fingerprint density at radius 1 is 1.18 bits per heavy atom. The van der Waals surface area contributed by atoms with Crippen molar-refractivity contribution in [2.75, 3.05) is 18.4 Å². The Kier molecular flexibility index (Phi) is 6.95. The SMILES string of the molecule is CC(=O)N(CCC(=O)Nc1c(F)cccc1F)CCC(C)C. The third-order valence-corrected chi connectivity index (χ3v) is 3.26. The number of halogens is 2. The van der Waals surface area contributed by atoms with Gasteiger partial charge in [-0.3, -0.25) is 9.59 Å². The van der Waals surface area contributed by atoms with Crippen molar-refractivity contribution in [2.24, 2.45) is 5.92 Å². The minimum atomic E-state index is -0.823. The van der Waals surface area contributed by atoms with Crippen LogP contribution in [0.2, 0.25) is 0 Å². The van der Waals surface area contributed by atoms with E-state index in [4.69, 9.17) is 0 Å². The van der Waals surface area contributed by atoms with Crippen molar-refractivity contribution in [1.29, 1.82) is 0 Å². The molecular weight excluding hydrogens is 290 g/mol. The Bertz CT molecular complexity index is 513. The molecule has 0 atom stereocenters. The van der Waals surface area contributed by atoms with Crippen LogP contribution in [0.5, 0.6) is 0 Å². The van der Waals surface area contributed by atoms with Gasteiger partial charge < -0.3 is 10.2 Å². The first-order valence-corrected chi connectivity index (χ1v) is 7.30. The maximum atomic E-state index is 13.4. The Labute approximate surface area is 129 Å². The fourth-order valence-corrected chi connectivity index (χ4v) is 1.90. The van der Waals surface area contributed by atoms with Crippen LogP contribution in [0.1, 0.15) is 33.6 Å². The van der Waals surface area contributed by atoms with Crippen LogP contribution >= 0.6 is 0 Å². The average molecular weight is 312 g/mol. The van der Waals surface area contributed by atoms with Crippen LogP contribution in [-0.2, 0) is 9.59 Å². The van der Waals surface area contributed by atoms with E-state index in [1.807, 2.05) is 13.8 Å².